The van der Waals surface area contributed by atoms with Gasteiger partial charge >= 0.3 is 0 Å². The highest BCUT2D eigenvalue weighted by atomic mass is 16.5. The summed E-state index contributed by atoms with van der Waals surface area (Å²) in [5.74, 6) is 0.0143. The number of amides is 1. The first-order valence-electron chi connectivity index (χ1n) is 10.8. The minimum Gasteiger partial charge on any atom is -0.381 e. The van der Waals surface area contributed by atoms with E-state index in [-0.39, 0.29) is 11.3 Å². The number of ether oxygens (including phenoxy) is 1. The highest BCUT2D eigenvalue weighted by Gasteiger charge is 2.34. The number of hydrogen-bond acceptors (Lipinski definition) is 2. The van der Waals surface area contributed by atoms with Crippen molar-refractivity contribution in [2.75, 3.05) is 19.8 Å². The van der Waals surface area contributed by atoms with Gasteiger partial charge in [0, 0.05) is 30.7 Å². The Morgan fingerprint density at radius 3 is 2.17 bits per heavy atom. The Labute approximate surface area is 179 Å². The largest absolute Gasteiger partial charge is 0.381 e. The van der Waals surface area contributed by atoms with Crippen LogP contribution in [0.5, 0.6) is 0 Å². The van der Waals surface area contributed by atoms with Gasteiger partial charge in [-0.25, -0.2) is 0 Å². The summed E-state index contributed by atoms with van der Waals surface area (Å²) < 4.78 is 5.62. The summed E-state index contributed by atoms with van der Waals surface area (Å²) in [5, 5.41) is 3.25. The van der Waals surface area contributed by atoms with E-state index in [2.05, 4.69) is 59.9 Å². The number of hydrogen-bond donors (Lipinski definition) is 1. The van der Waals surface area contributed by atoms with E-state index in [9.17, 15) is 4.79 Å². The zero-order chi connectivity index (χ0) is 20.7. The van der Waals surface area contributed by atoms with Gasteiger partial charge in [-0.2, -0.15) is 0 Å². The van der Waals surface area contributed by atoms with Gasteiger partial charge in [-0.05, 0) is 48.4 Å². The summed E-state index contributed by atoms with van der Waals surface area (Å²) in [6.07, 6.45) is 3.63. The van der Waals surface area contributed by atoms with Crippen LogP contribution in [0.15, 0.2) is 84.9 Å². The Balaban J connectivity index is 1.47. The topological polar surface area (TPSA) is 38.3 Å². The van der Waals surface area contributed by atoms with Crippen LogP contribution < -0.4 is 5.32 Å². The summed E-state index contributed by atoms with van der Waals surface area (Å²) in [7, 11) is 0. The highest BCUT2D eigenvalue weighted by Crippen LogP contribution is 2.34. The highest BCUT2D eigenvalue weighted by molar-refractivity contribution is 5.95. The third-order valence-corrected chi connectivity index (χ3v) is 6.21. The van der Waals surface area contributed by atoms with E-state index < -0.39 is 0 Å². The standard InChI is InChI=1S/C27H29NO2/c29-26(25-14-8-7-11-23(25)16-15-22-9-3-1-4-10-22)28-21-27(17-19-30-20-18-27)24-12-5-2-6-13-24/h1-14H,15-21H2,(H,28,29). The molecule has 0 aliphatic carbocycles. The Hall–Kier alpha value is -2.91. The van der Waals surface area contributed by atoms with Crippen molar-refractivity contribution in [1.29, 1.82) is 0 Å². The number of rotatable bonds is 7. The van der Waals surface area contributed by atoms with Gasteiger partial charge in [0.2, 0.25) is 0 Å². The fraction of sp³-hybridized carbons (Fsp3) is 0.296. The van der Waals surface area contributed by atoms with Gasteiger partial charge < -0.3 is 10.1 Å². The third kappa shape index (κ3) is 4.80. The maximum atomic E-state index is 13.2. The molecule has 0 aromatic heterocycles. The van der Waals surface area contributed by atoms with Crippen LogP contribution in [0.4, 0.5) is 0 Å². The van der Waals surface area contributed by atoms with Gasteiger partial charge in [0.15, 0.2) is 0 Å². The minimum atomic E-state index is -0.0614. The molecule has 1 fully saturated rings. The van der Waals surface area contributed by atoms with Crippen LogP contribution in [0.2, 0.25) is 0 Å². The first kappa shape index (κ1) is 20.4. The number of carbonyl (C=O) groups is 1. The van der Waals surface area contributed by atoms with Crippen LogP contribution in [0.1, 0.15) is 39.9 Å². The van der Waals surface area contributed by atoms with Crippen molar-refractivity contribution in [3.8, 4) is 0 Å². The second kappa shape index (κ2) is 9.73. The quantitative estimate of drug-likeness (QED) is 0.610. The Bertz CT molecular complexity index is 947. The summed E-state index contributed by atoms with van der Waals surface area (Å²) in [6, 6.07) is 28.9. The van der Waals surface area contributed by atoms with Gasteiger partial charge in [-0.3, -0.25) is 4.79 Å². The van der Waals surface area contributed by atoms with Gasteiger partial charge in [0.1, 0.15) is 0 Å². The molecule has 0 atom stereocenters. The second-order valence-electron chi connectivity index (χ2n) is 8.08. The summed E-state index contributed by atoms with van der Waals surface area (Å²) in [6.45, 7) is 2.10. The molecule has 3 nitrogen and oxygen atoms in total. The van der Waals surface area contributed by atoms with Crippen LogP contribution in [0, 0.1) is 0 Å². The Morgan fingerprint density at radius 1 is 0.800 bits per heavy atom. The van der Waals surface area contributed by atoms with Crippen molar-refractivity contribution < 1.29 is 9.53 Å². The predicted octanol–water partition coefficient (Wildman–Crippen LogP) is 4.95. The van der Waals surface area contributed by atoms with Crippen molar-refractivity contribution in [3.63, 3.8) is 0 Å². The lowest BCUT2D eigenvalue weighted by Gasteiger charge is -2.38. The van der Waals surface area contributed by atoms with E-state index in [1.165, 1.54) is 11.1 Å². The molecule has 0 radical (unpaired) electrons. The van der Waals surface area contributed by atoms with E-state index in [1.54, 1.807) is 0 Å². The number of nitrogens with one attached hydrogen (secondary N) is 1. The average Bonchev–Trinajstić information content (AvgIpc) is 2.83. The summed E-state index contributed by atoms with van der Waals surface area (Å²) in [5.41, 5.74) is 4.39. The molecule has 0 unspecified atom stereocenters. The number of aryl methyl sites for hydroxylation is 2. The minimum absolute atomic E-state index is 0.0143. The molecule has 1 amide bonds. The molecular weight excluding hydrogens is 370 g/mol. The van der Waals surface area contributed by atoms with E-state index in [4.69, 9.17) is 4.74 Å². The second-order valence-corrected chi connectivity index (χ2v) is 8.08. The van der Waals surface area contributed by atoms with Crippen LogP contribution in [-0.4, -0.2) is 25.7 Å². The monoisotopic (exact) mass is 399 g/mol. The molecule has 4 rings (SSSR count). The molecule has 1 N–H and O–H groups in total. The maximum Gasteiger partial charge on any atom is 0.251 e. The maximum absolute atomic E-state index is 13.2. The van der Waals surface area contributed by atoms with E-state index in [0.29, 0.717) is 6.54 Å². The molecule has 0 saturated carbocycles. The molecule has 1 heterocycles. The molecule has 1 aliphatic heterocycles. The zero-order valence-corrected chi connectivity index (χ0v) is 17.3. The smallest absolute Gasteiger partial charge is 0.251 e. The molecule has 1 aliphatic rings. The lowest BCUT2D eigenvalue weighted by molar-refractivity contribution is 0.0487. The average molecular weight is 400 g/mol. The summed E-state index contributed by atoms with van der Waals surface area (Å²) in [4.78, 5) is 13.2. The van der Waals surface area contributed by atoms with Crippen molar-refractivity contribution >= 4 is 5.91 Å². The zero-order valence-electron chi connectivity index (χ0n) is 17.3. The van der Waals surface area contributed by atoms with Crippen LogP contribution in [-0.2, 0) is 23.0 Å². The SMILES string of the molecule is O=C(NCC1(c2ccccc2)CCOCC1)c1ccccc1CCc1ccccc1. The van der Waals surface area contributed by atoms with E-state index >= 15 is 0 Å². The predicted molar refractivity (Wildman–Crippen MR) is 121 cm³/mol. The number of benzene rings is 3. The van der Waals surface area contributed by atoms with Crippen LogP contribution in [0.3, 0.4) is 0 Å². The lowest BCUT2D eigenvalue weighted by Crippen LogP contribution is -2.44. The summed E-state index contributed by atoms with van der Waals surface area (Å²) >= 11 is 0. The molecule has 30 heavy (non-hydrogen) atoms. The van der Waals surface area contributed by atoms with Crippen molar-refractivity contribution in [2.24, 2.45) is 0 Å². The number of carbonyl (C=O) groups excluding carboxylic acids is 1. The van der Waals surface area contributed by atoms with Crippen molar-refractivity contribution in [1.82, 2.24) is 5.32 Å². The first-order chi connectivity index (χ1) is 14.8. The molecular formula is C27H29NO2. The molecule has 3 heteroatoms. The normalized spacial score (nSPS) is 15.5. The molecule has 3 aromatic rings. The van der Waals surface area contributed by atoms with Gasteiger partial charge in [-0.15, -0.1) is 0 Å². The van der Waals surface area contributed by atoms with Gasteiger partial charge in [0.05, 0.1) is 0 Å². The molecule has 1 saturated heterocycles. The van der Waals surface area contributed by atoms with E-state index in [1.807, 2.05) is 30.3 Å². The fourth-order valence-electron chi connectivity index (χ4n) is 4.35. The Morgan fingerprint density at radius 2 is 1.43 bits per heavy atom. The fourth-order valence-corrected chi connectivity index (χ4v) is 4.35. The molecule has 3 aromatic carbocycles. The molecule has 0 spiro atoms. The van der Waals surface area contributed by atoms with Crippen LogP contribution in [0.25, 0.3) is 0 Å². The first-order valence-corrected chi connectivity index (χ1v) is 10.8. The van der Waals surface area contributed by atoms with Gasteiger partial charge in [0.25, 0.3) is 5.91 Å². The third-order valence-electron chi connectivity index (χ3n) is 6.21. The van der Waals surface area contributed by atoms with Crippen molar-refractivity contribution in [2.45, 2.75) is 31.1 Å². The van der Waals surface area contributed by atoms with Gasteiger partial charge in [-0.1, -0.05) is 78.9 Å². The lowest BCUT2D eigenvalue weighted by atomic mass is 9.74. The molecule has 154 valence electrons. The van der Waals surface area contributed by atoms with Crippen molar-refractivity contribution in [3.05, 3.63) is 107 Å². The Kier molecular flexibility index (Phi) is 6.60. The van der Waals surface area contributed by atoms with Crippen LogP contribution >= 0.6 is 0 Å². The van der Waals surface area contributed by atoms with E-state index in [0.717, 1.165) is 50.0 Å². The molecule has 0 bridgehead atoms.